The van der Waals surface area contributed by atoms with Crippen molar-refractivity contribution < 1.29 is 37.2 Å². The maximum Gasteiger partial charge on any atom is 0.376 e. The number of nitrogens with zero attached hydrogens (tertiary/aromatic N) is 1. The van der Waals surface area contributed by atoms with Gasteiger partial charge < -0.3 is 20.5 Å². The highest BCUT2D eigenvalue weighted by Crippen LogP contribution is 2.40. The Morgan fingerprint density at radius 3 is 2.27 bits per heavy atom. The number of rotatable bonds is 14. The van der Waals surface area contributed by atoms with Crippen LogP contribution in [0.1, 0.15) is 81.3 Å². The van der Waals surface area contributed by atoms with Gasteiger partial charge in [-0.3, -0.25) is 13.9 Å². The van der Waals surface area contributed by atoms with E-state index in [1.807, 2.05) is 29.6 Å². The molecule has 3 N–H and O–H groups in total. The Kier molecular flexibility index (Phi) is 13.1. The lowest BCUT2D eigenvalue weighted by Crippen LogP contribution is -2.42. The maximum absolute atomic E-state index is 13.9. The predicted octanol–water partition coefficient (Wildman–Crippen LogP) is 8.52. The average molecular weight is 724 g/mol. The average Bonchev–Trinajstić information content (AvgIpc) is 3.10. The van der Waals surface area contributed by atoms with Crippen LogP contribution in [0, 0.1) is 11.3 Å². The molecule has 4 rings (SSSR count). The molecular weight excluding hydrogens is 677 g/mol. The van der Waals surface area contributed by atoms with Gasteiger partial charge in [0.05, 0.1) is 35.4 Å². The number of hydrogen-bond acceptors (Lipinski definition) is 5. The van der Waals surface area contributed by atoms with Gasteiger partial charge in [-0.1, -0.05) is 64.5 Å². The molecule has 0 radical (unpaired) electrons. The van der Waals surface area contributed by atoms with E-state index in [-0.39, 0.29) is 17.5 Å². The van der Waals surface area contributed by atoms with E-state index in [1.54, 1.807) is 36.6 Å². The third-order valence-electron chi connectivity index (χ3n) is 9.03. The lowest BCUT2D eigenvalue weighted by atomic mass is 9.72. The second kappa shape index (κ2) is 17.1. The van der Waals surface area contributed by atoms with Crippen LogP contribution in [0.4, 0.5) is 25.0 Å². The molecule has 0 saturated carbocycles. The van der Waals surface area contributed by atoms with E-state index < -0.39 is 41.2 Å². The second-order valence-electron chi connectivity index (χ2n) is 13.8. The van der Waals surface area contributed by atoms with E-state index in [9.17, 15) is 27.4 Å². The van der Waals surface area contributed by atoms with Crippen molar-refractivity contribution in [3.8, 4) is 5.75 Å². The van der Waals surface area contributed by atoms with E-state index in [0.717, 1.165) is 37.7 Å². The summed E-state index contributed by atoms with van der Waals surface area (Å²) >= 11 is 0. The molecule has 9 nitrogen and oxygen atoms in total. The molecule has 3 amide bonds. The number of ether oxygens (including phenoxy) is 1. The molecule has 3 aromatic rings. The van der Waals surface area contributed by atoms with Gasteiger partial charge in [-0.25, -0.2) is 9.59 Å². The van der Waals surface area contributed by atoms with Crippen molar-refractivity contribution in [2.75, 3.05) is 29.6 Å². The van der Waals surface area contributed by atoms with E-state index >= 15 is 0 Å². The van der Waals surface area contributed by atoms with Gasteiger partial charge in [0, 0.05) is 23.2 Å². The van der Waals surface area contributed by atoms with Crippen molar-refractivity contribution in [3.63, 3.8) is 0 Å². The summed E-state index contributed by atoms with van der Waals surface area (Å²) in [5, 5.41) is 13.5. The summed E-state index contributed by atoms with van der Waals surface area (Å²) < 4.78 is 45.4. The van der Waals surface area contributed by atoms with Crippen LogP contribution in [0.2, 0.25) is 0 Å². The number of urea groups is 1. The number of unbranched alkanes of at least 4 members (excludes halogenated alkanes) is 1. The van der Waals surface area contributed by atoms with Crippen molar-refractivity contribution in [2.45, 2.75) is 77.2 Å². The Hall–Kier alpha value is -4.58. The Morgan fingerprint density at radius 1 is 1.02 bits per heavy atom. The molecule has 1 aliphatic carbocycles. The fourth-order valence-electron chi connectivity index (χ4n) is 5.78. The standard InChI is InChI=1S/C39H47F2N3O6S/c1-6-7-22-50-33-21-18-31(23-34(33)51(5)49)43-37(48)44(24-26-8-10-29(11-9-26)35(45)42-25-39(40,41)36(46)47)32-19-14-28(15-20-32)27-12-16-30(17-13-27)38(2,3)4/h8-12,14-15,18-21,23,30H,6-7,13,16-17,22,24-25H2,1-5H3,(H,42,45)(H,43,48)(H,46,47). The molecule has 0 fully saturated rings. The number of anilines is 2. The third kappa shape index (κ3) is 10.7. The Morgan fingerprint density at radius 2 is 1.71 bits per heavy atom. The predicted molar refractivity (Wildman–Crippen MR) is 197 cm³/mol. The topological polar surface area (TPSA) is 125 Å². The molecule has 1 aliphatic rings. The number of carbonyl (C=O) groups is 3. The monoisotopic (exact) mass is 723 g/mol. The summed E-state index contributed by atoms with van der Waals surface area (Å²) in [5.41, 5.74) is 4.33. The van der Waals surface area contributed by atoms with Crippen LogP contribution in [0.5, 0.6) is 5.75 Å². The van der Waals surface area contributed by atoms with Crippen LogP contribution in [-0.2, 0) is 22.1 Å². The summed E-state index contributed by atoms with van der Waals surface area (Å²) in [5.74, 6) is -6.17. The number of hydrogen-bond donors (Lipinski definition) is 3. The van der Waals surface area contributed by atoms with Crippen molar-refractivity contribution in [1.82, 2.24) is 5.32 Å². The van der Waals surface area contributed by atoms with Gasteiger partial charge in [-0.05, 0) is 96.2 Å². The molecule has 0 aliphatic heterocycles. The number of carboxylic acid groups (broad SMARTS) is 1. The van der Waals surface area contributed by atoms with Gasteiger partial charge in [0.25, 0.3) is 5.91 Å². The van der Waals surface area contributed by atoms with Crippen LogP contribution in [0.25, 0.3) is 5.57 Å². The molecule has 274 valence electrons. The Bertz CT molecular complexity index is 1750. The minimum atomic E-state index is -4.10. The van der Waals surface area contributed by atoms with Crippen LogP contribution in [-0.4, -0.2) is 52.6 Å². The number of aliphatic carboxylic acids is 1. The minimum Gasteiger partial charge on any atom is -0.492 e. The lowest BCUT2D eigenvalue weighted by molar-refractivity contribution is -0.163. The minimum absolute atomic E-state index is 0.0519. The highest BCUT2D eigenvalue weighted by molar-refractivity contribution is 7.84. The zero-order valence-electron chi connectivity index (χ0n) is 29.8. The van der Waals surface area contributed by atoms with Crippen molar-refractivity contribution in [2.24, 2.45) is 11.3 Å². The van der Waals surface area contributed by atoms with Crippen LogP contribution in [0.3, 0.4) is 0 Å². The first-order chi connectivity index (χ1) is 24.1. The summed E-state index contributed by atoms with van der Waals surface area (Å²) in [6.07, 6.45) is 8.75. The van der Waals surface area contributed by atoms with Gasteiger partial charge in [0.2, 0.25) is 0 Å². The normalized spacial score (nSPS) is 15.4. The molecule has 2 unspecified atom stereocenters. The first-order valence-electron chi connectivity index (χ1n) is 17.1. The number of amides is 3. The molecule has 3 aromatic carbocycles. The molecule has 2 atom stereocenters. The zero-order chi connectivity index (χ0) is 37.3. The molecule has 0 saturated heterocycles. The van der Waals surface area contributed by atoms with Gasteiger partial charge in [0.15, 0.2) is 0 Å². The molecule has 0 bridgehead atoms. The second-order valence-corrected chi connectivity index (χ2v) is 15.2. The van der Waals surface area contributed by atoms with E-state index in [0.29, 0.717) is 40.1 Å². The quantitative estimate of drug-likeness (QED) is 0.143. The number of carboxylic acids is 1. The molecular formula is C39H47F2N3O6S. The van der Waals surface area contributed by atoms with Gasteiger partial charge in [-0.15, -0.1) is 0 Å². The fraction of sp³-hybridized carbons (Fsp3) is 0.410. The Balaban J connectivity index is 1.57. The summed E-state index contributed by atoms with van der Waals surface area (Å²) in [7, 11) is -1.38. The number of benzene rings is 3. The summed E-state index contributed by atoms with van der Waals surface area (Å²) in [6, 6.07) is 18.4. The van der Waals surface area contributed by atoms with Crippen LogP contribution in [0.15, 0.2) is 77.7 Å². The largest absolute Gasteiger partial charge is 0.492 e. The molecule has 51 heavy (non-hydrogen) atoms. The first kappa shape index (κ1) is 39.2. The third-order valence-corrected chi connectivity index (χ3v) is 9.97. The van der Waals surface area contributed by atoms with Crippen LogP contribution < -0.4 is 20.3 Å². The first-order valence-corrected chi connectivity index (χ1v) is 18.6. The van der Waals surface area contributed by atoms with Crippen molar-refractivity contribution >= 4 is 45.7 Å². The van der Waals surface area contributed by atoms with Gasteiger partial charge in [0.1, 0.15) is 5.75 Å². The summed E-state index contributed by atoms with van der Waals surface area (Å²) in [4.78, 5) is 39.1. The SMILES string of the molecule is CCCCOc1ccc(NC(=O)N(Cc2ccc(C(=O)NCC(F)(F)C(=O)O)cc2)c2ccc(C3=CCC(C(C)(C)C)CC3)cc2)cc1S(C)=O. The van der Waals surface area contributed by atoms with E-state index in [1.165, 1.54) is 22.6 Å². The van der Waals surface area contributed by atoms with Crippen LogP contribution >= 0.6 is 0 Å². The number of alkyl halides is 2. The van der Waals surface area contributed by atoms with Gasteiger partial charge in [-0.2, -0.15) is 8.78 Å². The summed E-state index contributed by atoms with van der Waals surface area (Å²) in [6.45, 7) is 8.10. The number of nitrogens with one attached hydrogen (secondary N) is 2. The molecule has 12 heteroatoms. The molecule has 0 spiro atoms. The maximum atomic E-state index is 13.9. The van der Waals surface area contributed by atoms with Crippen molar-refractivity contribution in [3.05, 3.63) is 89.5 Å². The Labute approximate surface area is 300 Å². The van der Waals surface area contributed by atoms with Gasteiger partial charge >= 0.3 is 17.9 Å². The number of carbonyl (C=O) groups excluding carboxylic acids is 2. The number of halogens is 2. The number of allylic oxidation sites excluding steroid dienone is 2. The molecule has 0 aromatic heterocycles. The smallest absolute Gasteiger partial charge is 0.376 e. The highest BCUT2D eigenvalue weighted by Gasteiger charge is 2.39. The fourth-order valence-corrected chi connectivity index (χ4v) is 6.48. The van der Waals surface area contributed by atoms with E-state index in [2.05, 4.69) is 39.1 Å². The molecule has 0 heterocycles. The highest BCUT2D eigenvalue weighted by atomic mass is 32.2. The van der Waals surface area contributed by atoms with E-state index in [4.69, 9.17) is 9.84 Å². The van der Waals surface area contributed by atoms with Crippen molar-refractivity contribution in [1.29, 1.82) is 0 Å². The lowest BCUT2D eigenvalue weighted by Gasteiger charge is -2.33. The zero-order valence-corrected chi connectivity index (χ0v) is 30.6.